The minimum atomic E-state index is 0.295. The van der Waals surface area contributed by atoms with Crippen molar-refractivity contribution in [1.29, 1.82) is 0 Å². The minimum absolute atomic E-state index is 0.295. The summed E-state index contributed by atoms with van der Waals surface area (Å²) in [5.74, 6) is 0. The summed E-state index contributed by atoms with van der Waals surface area (Å²) >= 11 is 5.90. The van der Waals surface area contributed by atoms with Crippen LogP contribution in [0.3, 0.4) is 0 Å². The van der Waals surface area contributed by atoms with Gasteiger partial charge >= 0.3 is 0 Å². The Bertz CT molecular complexity index is 382. The fourth-order valence-electron chi connectivity index (χ4n) is 2.37. The molecule has 0 radical (unpaired) electrons. The van der Waals surface area contributed by atoms with Crippen molar-refractivity contribution in [1.82, 2.24) is 10.2 Å². The van der Waals surface area contributed by atoms with E-state index in [1.54, 1.807) is 0 Å². The zero-order chi connectivity index (χ0) is 13.7. The predicted octanol–water partition coefficient (Wildman–Crippen LogP) is 2.71. The van der Waals surface area contributed by atoms with Crippen molar-refractivity contribution in [2.45, 2.75) is 26.0 Å². The van der Waals surface area contributed by atoms with Crippen LogP contribution in [0, 0.1) is 0 Å². The molecule has 0 bridgehead atoms. The average Bonchev–Trinajstić information content (AvgIpc) is 2.46. The molecular formula is C15H23ClN2O. The van der Waals surface area contributed by atoms with Crippen LogP contribution >= 0.6 is 11.6 Å². The van der Waals surface area contributed by atoms with Crippen LogP contribution in [0.1, 0.15) is 25.5 Å². The Morgan fingerprint density at radius 1 is 1.42 bits per heavy atom. The van der Waals surface area contributed by atoms with E-state index in [1.165, 1.54) is 5.56 Å². The molecule has 1 heterocycles. The highest BCUT2D eigenvalue weighted by molar-refractivity contribution is 6.30. The highest BCUT2D eigenvalue weighted by Crippen LogP contribution is 2.16. The first kappa shape index (κ1) is 14.8. The first-order chi connectivity index (χ1) is 9.19. The Hall–Kier alpha value is -0.610. The molecule has 1 aromatic carbocycles. The van der Waals surface area contributed by atoms with Crippen LogP contribution in [-0.2, 0) is 4.74 Å². The number of rotatable bonds is 5. The Kier molecular flexibility index (Phi) is 5.64. The lowest BCUT2D eigenvalue weighted by molar-refractivity contribution is -0.0261. The van der Waals surface area contributed by atoms with Gasteiger partial charge in [-0.25, -0.2) is 0 Å². The van der Waals surface area contributed by atoms with Gasteiger partial charge in [0.2, 0.25) is 0 Å². The fraction of sp³-hybridized carbons (Fsp3) is 0.600. The standard InChI is InChI=1S/C15H23ClN2O/c1-3-18-8-9-19-15(11-18)10-17-12(2)13-4-6-14(16)7-5-13/h4-7,12,15,17H,3,8-11H2,1-2H3. The van der Waals surface area contributed by atoms with Crippen LogP contribution in [-0.4, -0.2) is 43.8 Å². The summed E-state index contributed by atoms with van der Waals surface area (Å²) in [6.07, 6.45) is 0.295. The number of nitrogens with zero attached hydrogens (tertiary/aromatic N) is 1. The van der Waals surface area contributed by atoms with Crippen LogP contribution < -0.4 is 5.32 Å². The van der Waals surface area contributed by atoms with Crippen molar-refractivity contribution in [2.24, 2.45) is 0 Å². The third-order valence-electron chi connectivity index (χ3n) is 3.69. The minimum Gasteiger partial charge on any atom is -0.374 e. The summed E-state index contributed by atoms with van der Waals surface area (Å²) in [5, 5.41) is 4.32. The highest BCUT2D eigenvalue weighted by Gasteiger charge is 2.19. The number of hydrogen-bond donors (Lipinski definition) is 1. The molecule has 0 aliphatic carbocycles. The van der Waals surface area contributed by atoms with Gasteiger partial charge in [-0.2, -0.15) is 0 Å². The van der Waals surface area contributed by atoms with E-state index in [9.17, 15) is 0 Å². The Balaban J connectivity index is 1.79. The molecule has 1 aromatic rings. The number of nitrogens with one attached hydrogen (secondary N) is 1. The maximum Gasteiger partial charge on any atom is 0.0826 e. The van der Waals surface area contributed by atoms with E-state index in [-0.39, 0.29) is 0 Å². The third kappa shape index (κ3) is 4.46. The van der Waals surface area contributed by atoms with Crippen molar-refractivity contribution < 1.29 is 4.74 Å². The lowest BCUT2D eigenvalue weighted by Crippen LogP contribution is -2.46. The van der Waals surface area contributed by atoms with E-state index in [4.69, 9.17) is 16.3 Å². The van der Waals surface area contributed by atoms with Gasteiger partial charge in [-0.05, 0) is 31.2 Å². The van der Waals surface area contributed by atoms with Gasteiger partial charge in [0.1, 0.15) is 0 Å². The lowest BCUT2D eigenvalue weighted by atomic mass is 10.1. The van der Waals surface area contributed by atoms with E-state index < -0.39 is 0 Å². The molecule has 0 spiro atoms. The van der Waals surface area contributed by atoms with Crippen molar-refractivity contribution in [3.8, 4) is 0 Å². The first-order valence-electron chi connectivity index (χ1n) is 7.02. The molecule has 1 fully saturated rings. The zero-order valence-corrected chi connectivity index (χ0v) is 12.5. The lowest BCUT2D eigenvalue weighted by Gasteiger charge is -2.32. The largest absolute Gasteiger partial charge is 0.374 e. The van der Waals surface area contributed by atoms with Gasteiger partial charge in [0, 0.05) is 30.7 Å². The van der Waals surface area contributed by atoms with Crippen LogP contribution in [0.15, 0.2) is 24.3 Å². The van der Waals surface area contributed by atoms with Gasteiger partial charge in [0.15, 0.2) is 0 Å². The SMILES string of the molecule is CCN1CCOC(CNC(C)c2ccc(Cl)cc2)C1. The number of likely N-dealkylation sites (N-methyl/N-ethyl adjacent to an activating group) is 1. The van der Waals surface area contributed by atoms with E-state index >= 15 is 0 Å². The van der Waals surface area contributed by atoms with Gasteiger partial charge in [-0.1, -0.05) is 30.7 Å². The highest BCUT2D eigenvalue weighted by atomic mass is 35.5. The summed E-state index contributed by atoms with van der Waals surface area (Å²) in [5.41, 5.74) is 1.26. The summed E-state index contributed by atoms with van der Waals surface area (Å²) in [6.45, 7) is 9.29. The van der Waals surface area contributed by atoms with Crippen molar-refractivity contribution in [3.05, 3.63) is 34.9 Å². The molecular weight excluding hydrogens is 260 g/mol. The van der Waals surface area contributed by atoms with E-state index in [2.05, 4.69) is 36.2 Å². The molecule has 1 saturated heterocycles. The first-order valence-corrected chi connectivity index (χ1v) is 7.39. The molecule has 106 valence electrons. The average molecular weight is 283 g/mol. The van der Waals surface area contributed by atoms with Crippen molar-refractivity contribution in [2.75, 3.05) is 32.8 Å². The second-order valence-corrected chi connectivity index (χ2v) is 5.50. The topological polar surface area (TPSA) is 24.5 Å². The Morgan fingerprint density at radius 2 is 2.16 bits per heavy atom. The molecule has 4 heteroatoms. The molecule has 2 unspecified atom stereocenters. The second-order valence-electron chi connectivity index (χ2n) is 5.07. The van der Waals surface area contributed by atoms with Gasteiger partial charge in [0.25, 0.3) is 0 Å². The van der Waals surface area contributed by atoms with Crippen LogP contribution in [0.2, 0.25) is 5.02 Å². The molecule has 0 saturated carbocycles. The molecule has 1 N–H and O–H groups in total. The summed E-state index contributed by atoms with van der Waals surface area (Å²) < 4.78 is 5.79. The fourth-order valence-corrected chi connectivity index (χ4v) is 2.49. The van der Waals surface area contributed by atoms with Gasteiger partial charge in [0.05, 0.1) is 12.7 Å². The number of halogens is 1. The van der Waals surface area contributed by atoms with E-state index in [0.29, 0.717) is 12.1 Å². The number of hydrogen-bond acceptors (Lipinski definition) is 3. The summed E-state index contributed by atoms with van der Waals surface area (Å²) in [4.78, 5) is 2.43. The van der Waals surface area contributed by atoms with Gasteiger partial charge in [-0.3, -0.25) is 4.90 Å². The number of morpholine rings is 1. The summed E-state index contributed by atoms with van der Waals surface area (Å²) in [7, 11) is 0. The number of ether oxygens (including phenoxy) is 1. The van der Waals surface area contributed by atoms with Crippen LogP contribution in [0.25, 0.3) is 0 Å². The van der Waals surface area contributed by atoms with Gasteiger partial charge < -0.3 is 10.1 Å². The molecule has 0 aromatic heterocycles. The maximum atomic E-state index is 5.90. The Labute approximate surface area is 120 Å². The molecule has 3 nitrogen and oxygen atoms in total. The van der Waals surface area contributed by atoms with Crippen molar-refractivity contribution in [3.63, 3.8) is 0 Å². The third-order valence-corrected chi connectivity index (χ3v) is 3.94. The normalized spacial score (nSPS) is 22.4. The predicted molar refractivity (Wildman–Crippen MR) is 79.7 cm³/mol. The monoisotopic (exact) mass is 282 g/mol. The molecule has 1 aliphatic heterocycles. The van der Waals surface area contributed by atoms with Crippen LogP contribution in [0.5, 0.6) is 0 Å². The smallest absolute Gasteiger partial charge is 0.0826 e. The van der Waals surface area contributed by atoms with Gasteiger partial charge in [-0.15, -0.1) is 0 Å². The van der Waals surface area contributed by atoms with Crippen molar-refractivity contribution >= 4 is 11.6 Å². The zero-order valence-electron chi connectivity index (χ0n) is 11.7. The van der Waals surface area contributed by atoms with E-state index in [0.717, 1.165) is 37.8 Å². The second kappa shape index (κ2) is 7.25. The molecule has 2 atom stereocenters. The molecule has 2 rings (SSSR count). The van der Waals surface area contributed by atoms with E-state index in [1.807, 2.05) is 12.1 Å². The molecule has 19 heavy (non-hydrogen) atoms. The summed E-state index contributed by atoms with van der Waals surface area (Å²) in [6, 6.07) is 8.33. The molecule has 1 aliphatic rings. The van der Waals surface area contributed by atoms with Crippen LogP contribution in [0.4, 0.5) is 0 Å². The maximum absolute atomic E-state index is 5.90. The quantitative estimate of drug-likeness (QED) is 0.899. The Morgan fingerprint density at radius 3 is 2.84 bits per heavy atom. The molecule has 0 amide bonds. The number of benzene rings is 1.